The van der Waals surface area contributed by atoms with E-state index in [-0.39, 0.29) is 29.3 Å². The maximum Gasteiger partial charge on any atom is 0.220 e. The second-order valence-corrected chi connectivity index (χ2v) is 13.8. The van der Waals surface area contributed by atoms with Gasteiger partial charge in [-0.05, 0) is 39.0 Å². The van der Waals surface area contributed by atoms with Gasteiger partial charge in [0.2, 0.25) is 5.91 Å². The smallest absolute Gasteiger partial charge is 0.220 e. The Morgan fingerprint density at radius 1 is 0.545 bits per heavy atom. The summed E-state index contributed by atoms with van der Waals surface area (Å²) in [6.07, 6.45) is 25.4. The van der Waals surface area contributed by atoms with Crippen LogP contribution in [-0.2, 0) is 19.1 Å². The van der Waals surface area contributed by atoms with Crippen LogP contribution in [0.25, 0.3) is 0 Å². The summed E-state index contributed by atoms with van der Waals surface area (Å²) in [6.45, 7) is 16.5. The van der Waals surface area contributed by atoms with Gasteiger partial charge in [-0.3, -0.25) is 9.59 Å². The molecule has 0 aromatic heterocycles. The van der Waals surface area contributed by atoms with Crippen LogP contribution in [0, 0.1) is 5.41 Å². The molecular weight excluding hydrogens is 548 g/mol. The van der Waals surface area contributed by atoms with Crippen LogP contribution >= 0.6 is 0 Å². The molecule has 0 rings (SSSR count). The molecule has 0 unspecified atom stereocenters. The fourth-order valence-corrected chi connectivity index (χ4v) is 6.02. The summed E-state index contributed by atoms with van der Waals surface area (Å²) < 4.78 is 11.4. The number of rotatable bonds is 34. The van der Waals surface area contributed by atoms with Crippen LogP contribution < -0.4 is 10.6 Å². The van der Waals surface area contributed by atoms with Crippen molar-refractivity contribution in [2.75, 3.05) is 39.5 Å². The van der Waals surface area contributed by atoms with E-state index in [0.717, 1.165) is 32.2 Å². The standard InChI is InChI=1S/C38H76N2O4/c1-7-11-15-17-21-25-37(5,26-22-18-16-12-8-2)35(41)34-44-33-32-43-31-23-24-36(42)39-29-30-40-38(6,27-19-13-9-3)28-20-14-10-4/h40H,7-34H2,1-6H3,(H,39,42). The molecule has 0 saturated carbocycles. The normalized spacial score (nSPS) is 12.1. The van der Waals surface area contributed by atoms with Gasteiger partial charge in [0.1, 0.15) is 6.61 Å². The summed E-state index contributed by atoms with van der Waals surface area (Å²) in [4.78, 5) is 25.5. The van der Waals surface area contributed by atoms with Crippen LogP contribution in [0.15, 0.2) is 0 Å². The van der Waals surface area contributed by atoms with Gasteiger partial charge in [-0.1, -0.05) is 137 Å². The van der Waals surface area contributed by atoms with Crippen LogP contribution in [0.5, 0.6) is 0 Å². The van der Waals surface area contributed by atoms with Gasteiger partial charge >= 0.3 is 0 Å². The molecule has 2 N–H and O–H groups in total. The van der Waals surface area contributed by atoms with Gasteiger partial charge in [0.25, 0.3) is 0 Å². The second kappa shape index (κ2) is 29.4. The largest absolute Gasteiger partial charge is 0.379 e. The molecule has 0 fully saturated rings. The van der Waals surface area contributed by atoms with Crippen LogP contribution in [0.1, 0.15) is 183 Å². The molecule has 0 aliphatic carbocycles. The average Bonchev–Trinajstić information content (AvgIpc) is 3.00. The third-order valence-corrected chi connectivity index (χ3v) is 9.30. The number of ketones is 1. The van der Waals surface area contributed by atoms with Crippen LogP contribution in [0.3, 0.4) is 0 Å². The fraction of sp³-hybridized carbons (Fsp3) is 0.947. The van der Waals surface area contributed by atoms with E-state index in [2.05, 4.69) is 52.2 Å². The quantitative estimate of drug-likeness (QED) is 0.0697. The Morgan fingerprint density at radius 3 is 1.57 bits per heavy atom. The number of hydrogen-bond donors (Lipinski definition) is 2. The highest BCUT2D eigenvalue weighted by Crippen LogP contribution is 2.33. The molecule has 0 spiro atoms. The van der Waals surface area contributed by atoms with E-state index in [9.17, 15) is 9.59 Å². The first-order valence-electron chi connectivity index (χ1n) is 19.0. The molecule has 0 aromatic carbocycles. The highest BCUT2D eigenvalue weighted by molar-refractivity contribution is 5.85. The Balaban J connectivity index is 4.16. The second-order valence-electron chi connectivity index (χ2n) is 13.8. The zero-order chi connectivity index (χ0) is 32.8. The summed E-state index contributed by atoms with van der Waals surface area (Å²) >= 11 is 0. The zero-order valence-corrected chi connectivity index (χ0v) is 30.4. The fourth-order valence-electron chi connectivity index (χ4n) is 6.02. The van der Waals surface area contributed by atoms with Crippen molar-refractivity contribution in [1.82, 2.24) is 10.6 Å². The third kappa shape index (κ3) is 24.3. The van der Waals surface area contributed by atoms with E-state index in [1.54, 1.807) is 0 Å². The minimum absolute atomic E-state index is 0.0830. The summed E-state index contributed by atoms with van der Waals surface area (Å²) in [5.41, 5.74) is -0.110. The van der Waals surface area contributed by atoms with E-state index in [4.69, 9.17) is 9.47 Å². The van der Waals surface area contributed by atoms with Crippen molar-refractivity contribution in [2.24, 2.45) is 5.41 Å². The SMILES string of the molecule is CCCCCCCC(C)(CCCCCCC)C(=O)COCCOCCCC(=O)NCCNC(C)(CCCCC)CCCCC. The molecule has 0 atom stereocenters. The van der Waals surface area contributed by atoms with Crippen molar-refractivity contribution in [1.29, 1.82) is 0 Å². The molecule has 0 aliphatic heterocycles. The Morgan fingerprint density at radius 2 is 1.02 bits per heavy atom. The van der Waals surface area contributed by atoms with Crippen LogP contribution in [0.4, 0.5) is 0 Å². The maximum absolute atomic E-state index is 13.2. The zero-order valence-electron chi connectivity index (χ0n) is 30.4. The number of amides is 1. The average molecular weight is 625 g/mol. The van der Waals surface area contributed by atoms with Gasteiger partial charge in [0.15, 0.2) is 5.78 Å². The lowest BCUT2D eigenvalue weighted by Crippen LogP contribution is -2.45. The molecule has 44 heavy (non-hydrogen) atoms. The maximum atomic E-state index is 13.2. The lowest BCUT2D eigenvalue weighted by molar-refractivity contribution is -0.134. The Hall–Kier alpha value is -0.980. The lowest BCUT2D eigenvalue weighted by Gasteiger charge is -2.31. The number of hydrogen-bond acceptors (Lipinski definition) is 5. The van der Waals surface area contributed by atoms with Gasteiger partial charge in [-0.25, -0.2) is 0 Å². The topological polar surface area (TPSA) is 76.7 Å². The van der Waals surface area contributed by atoms with Crippen molar-refractivity contribution in [3.8, 4) is 0 Å². The molecule has 0 saturated heterocycles. The van der Waals surface area contributed by atoms with E-state index in [0.29, 0.717) is 39.2 Å². The number of ether oxygens (including phenoxy) is 2. The Labute approximate surface area is 274 Å². The van der Waals surface area contributed by atoms with E-state index in [1.807, 2.05) is 0 Å². The van der Waals surface area contributed by atoms with Crippen molar-refractivity contribution in [3.63, 3.8) is 0 Å². The molecule has 0 aliphatic rings. The first-order valence-corrected chi connectivity index (χ1v) is 19.0. The summed E-state index contributed by atoms with van der Waals surface area (Å²) in [6, 6.07) is 0. The summed E-state index contributed by atoms with van der Waals surface area (Å²) in [5.74, 6) is 0.330. The third-order valence-electron chi connectivity index (χ3n) is 9.30. The number of Topliss-reactive ketones (excluding diaryl/α,β-unsaturated/α-hetero) is 1. The monoisotopic (exact) mass is 625 g/mol. The predicted octanol–water partition coefficient (Wildman–Crippen LogP) is 9.72. The molecule has 0 bridgehead atoms. The summed E-state index contributed by atoms with van der Waals surface area (Å²) in [7, 11) is 0. The van der Waals surface area contributed by atoms with Crippen molar-refractivity contribution < 1.29 is 19.1 Å². The first-order chi connectivity index (χ1) is 21.3. The van der Waals surface area contributed by atoms with Crippen molar-refractivity contribution in [2.45, 2.75) is 188 Å². The summed E-state index contributed by atoms with van der Waals surface area (Å²) in [5, 5.41) is 6.80. The van der Waals surface area contributed by atoms with Gasteiger partial charge < -0.3 is 20.1 Å². The number of nitrogens with one attached hydrogen (secondary N) is 2. The van der Waals surface area contributed by atoms with Gasteiger partial charge in [-0.2, -0.15) is 0 Å². The molecule has 6 heteroatoms. The van der Waals surface area contributed by atoms with E-state index < -0.39 is 0 Å². The molecular formula is C38H76N2O4. The Kier molecular flexibility index (Phi) is 28.8. The van der Waals surface area contributed by atoms with Gasteiger partial charge in [0, 0.05) is 37.1 Å². The van der Waals surface area contributed by atoms with E-state index in [1.165, 1.54) is 103 Å². The molecule has 262 valence electrons. The first kappa shape index (κ1) is 43.0. The molecule has 0 radical (unpaired) electrons. The van der Waals surface area contributed by atoms with Crippen molar-refractivity contribution >= 4 is 11.7 Å². The van der Waals surface area contributed by atoms with Crippen LogP contribution in [-0.4, -0.2) is 56.7 Å². The van der Waals surface area contributed by atoms with Gasteiger partial charge in [0.05, 0.1) is 13.2 Å². The highest BCUT2D eigenvalue weighted by atomic mass is 16.5. The number of unbranched alkanes of at least 4 members (excludes halogenated alkanes) is 12. The molecule has 0 heterocycles. The van der Waals surface area contributed by atoms with Gasteiger partial charge in [-0.15, -0.1) is 0 Å². The number of carbonyl (C=O) groups excluding carboxylic acids is 2. The Bertz CT molecular complexity index is 645. The predicted molar refractivity (Wildman–Crippen MR) is 188 cm³/mol. The molecule has 6 nitrogen and oxygen atoms in total. The van der Waals surface area contributed by atoms with E-state index >= 15 is 0 Å². The van der Waals surface area contributed by atoms with Crippen LogP contribution in [0.2, 0.25) is 0 Å². The number of carbonyl (C=O) groups is 2. The van der Waals surface area contributed by atoms with Crippen molar-refractivity contribution in [3.05, 3.63) is 0 Å². The highest BCUT2D eigenvalue weighted by Gasteiger charge is 2.31. The minimum atomic E-state index is -0.273. The minimum Gasteiger partial charge on any atom is -0.379 e. The lowest BCUT2D eigenvalue weighted by atomic mass is 9.76. The molecule has 0 aromatic rings. The molecule has 1 amide bonds.